The summed E-state index contributed by atoms with van der Waals surface area (Å²) in [5.41, 5.74) is 0.708. The topological polar surface area (TPSA) is 125 Å². The van der Waals surface area contributed by atoms with Crippen LogP contribution in [0.4, 0.5) is 0 Å². The number of cyclic esters (lactones) is 1. The van der Waals surface area contributed by atoms with Crippen LogP contribution in [-0.2, 0) is 28.6 Å². The molecule has 0 fully saturated rings. The molecule has 2 aromatic rings. The lowest BCUT2D eigenvalue weighted by atomic mass is 9.61. The Kier molecular flexibility index (Phi) is 7.61. The highest BCUT2D eigenvalue weighted by molar-refractivity contribution is 5.94. The van der Waals surface area contributed by atoms with E-state index in [2.05, 4.69) is 13.8 Å². The highest BCUT2D eigenvalue weighted by atomic mass is 16.5. The number of methoxy groups -OCH3 is 1. The van der Waals surface area contributed by atoms with Crippen molar-refractivity contribution in [3.05, 3.63) is 53.4 Å². The van der Waals surface area contributed by atoms with E-state index >= 15 is 0 Å². The van der Waals surface area contributed by atoms with Crippen molar-refractivity contribution in [3.63, 3.8) is 0 Å². The number of fused-ring (bicyclic) bond motifs is 1. The predicted octanol–water partition coefficient (Wildman–Crippen LogP) is 5.83. The van der Waals surface area contributed by atoms with Crippen molar-refractivity contribution in [2.45, 2.75) is 72.0 Å². The average molecular weight is 529 g/mol. The van der Waals surface area contributed by atoms with E-state index < -0.39 is 28.9 Å². The van der Waals surface area contributed by atoms with Crippen LogP contribution >= 0.6 is 0 Å². The molecule has 0 saturated carbocycles. The molecule has 0 radical (unpaired) electrons. The van der Waals surface area contributed by atoms with Crippen LogP contribution in [0.5, 0.6) is 0 Å². The molecule has 0 bridgehead atoms. The number of ether oxygens (including phenoxy) is 3. The molecule has 0 unspecified atom stereocenters. The first kappa shape index (κ1) is 27.7. The van der Waals surface area contributed by atoms with Gasteiger partial charge in [0, 0.05) is 53.6 Å². The molecule has 1 aliphatic heterocycles. The van der Waals surface area contributed by atoms with Gasteiger partial charge in [-0.2, -0.15) is 0 Å². The average Bonchev–Trinajstić information content (AvgIpc) is 3.55. The zero-order valence-corrected chi connectivity index (χ0v) is 22.7. The Balaban J connectivity index is 1.85. The molecule has 1 aliphatic carbocycles. The highest BCUT2D eigenvalue weighted by Crippen LogP contribution is 2.59. The van der Waals surface area contributed by atoms with Crippen LogP contribution in [0.3, 0.4) is 0 Å². The number of furan rings is 2. The third-order valence-electron chi connectivity index (χ3n) is 8.33. The smallest absolute Gasteiger partial charge is 0.331 e. The molecule has 2 aromatic heterocycles. The third-order valence-corrected chi connectivity index (χ3v) is 8.33. The van der Waals surface area contributed by atoms with Gasteiger partial charge in [0.2, 0.25) is 0 Å². The largest absolute Gasteiger partial charge is 0.481 e. The molecule has 2 aliphatic rings. The fourth-order valence-corrected chi connectivity index (χ4v) is 6.26. The Labute approximate surface area is 222 Å². The molecule has 0 amide bonds. The number of carbonyl (C=O) groups excluding carboxylic acids is 2. The van der Waals surface area contributed by atoms with Crippen LogP contribution in [0.2, 0.25) is 0 Å². The second-order valence-electron chi connectivity index (χ2n) is 11.0. The first-order chi connectivity index (χ1) is 17.9. The second-order valence-corrected chi connectivity index (χ2v) is 11.0. The van der Waals surface area contributed by atoms with Gasteiger partial charge in [-0.15, -0.1) is 0 Å². The van der Waals surface area contributed by atoms with Gasteiger partial charge < -0.3 is 28.2 Å². The monoisotopic (exact) mass is 528 g/mol. The number of hydrogen-bond donors (Lipinski definition) is 1. The maximum Gasteiger partial charge on any atom is 0.331 e. The highest BCUT2D eigenvalue weighted by Gasteiger charge is 2.52. The second kappa shape index (κ2) is 10.4. The summed E-state index contributed by atoms with van der Waals surface area (Å²) in [7, 11) is 1.38. The maximum absolute atomic E-state index is 12.8. The number of carboxylic acids is 1. The number of carbonyl (C=O) groups is 3. The fourth-order valence-electron chi connectivity index (χ4n) is 6.26. The lowest BCUT2D eigenvalue weighted by molar-refractivity contribution is -0.151. The Hall–Kier alpha value is -3.33. The molecule has 206 valence electrons. The SMILES string of the molecule is CCO[C@H]1c2cc(C3=CC(=O)O[C@@H](c4ccoc4)[C@]3(C)CCC(=O)O)oc2[C@H](C)[C@@H](CC(=O)OC)C1(C)C. The molecule has 38 heavy (non-hydrogen) atoms. The first-order valence-electron chi connectivity index (χ1n) is 12.9. The third kappa shape index (κ3) is 4.79. The van der Waals surface area contributed by atoms with E-state index in [1.54, 1.807) is 6.07 Å². The van der Waals surface area contributed by atoms with Crippen molar-refractivity contribution in [1.29, 1.82) is 0 Å². The molecule has 9 nitrogen and oxygen atoms in total. The number of carboxylic acid groups (broad SMARTS) is 1. The number of hydrogen-bond acceptors (Lipinski definition) is 8. The summed E-state index contributed by atoms with van der Waals surface area (Å²) in [6.07, 6.45) is 3.52. The minimum atomic E-state index is -0.954. The van der Waals surface area contributed by atoms with Gasteiger partial charge in [-0.05, 0) is 36.8 Å². The Bertz CT molecular complexity index is 1220. The molecule has 1 N–H and O–H groups in total. The summed E-state index contributed by atoms with van der Waals surface area (Å²) in [6, 6.07) is 3.61. The van der Waals surface area contributed by atoms with Crippen LogP contribution in [0.1, 0.15) is 94.7 Å². The van der Waals surface area contributed by atoms with Crippen molar-refractivity contribution >= 4 is 23.5 Å². The molecule has 5 atom stereocenters. The quantitative estimate of drug-likeness (QED) is 0.400. The number of rotatable bonds is 9. The maximum atomic E-state index is 12.8. The lowest BCUT2D eigenvalue weighted by Gasteiger charge is -2.46. The molecule has 9 heteroatoms. The normalized spacial score (nSPS) is 28.3. The van der Waals surface area contributed by atoms with Crippen LogP contribution in [0, 0.1) is 16.7 Å². The van der Waals surface area contributed by atoms with Gasteiger partial charge in [-0.1, -0.05) is 27.7 Å². The number of esters is 2. The Morgan fingerprint density at radius 1 is 1.21 bits per heavy atom. The van der Waals surface area contributed by atoms with Gasteiger partial charge in [-0.3, -0.25) is 9.59 Å². The van der Waals surface area contributed by atoms with Crippen LogP contribution in [0.25, 0.3) is 5.57 Å². The van der Waals surface area contributed by atoms with Crippen LogP contribution in [0.15, 0.2) is 39.6 Å². The predicted molar refractivity (Wildman–Crippen MR) is 136 cm³/mol. The molecule has 0 spiro atoms. The van der Waals surface area contributed by atoms with Crippen molar-refractivity contribution < 1.29 is 42.5 Å². The van der Waals surface area contributed by atoms with E-state index in [0.717, 1.165) is 5.56 Å². The molecule has 0 saturated heterocycles. The summed E-state index contributed by atoms with van der Waals surface area (Å²) in [5, 5.41) is 9.50. The Morgan fingerprint density at radius 2 is 1.95 bits per heavy atom. The summed E-state index contributed by atoms with van der Waals surface area (Å²) >= 11 is 0. The van der Waals surface area contributed by atoms with E-state index in [1.165, 1.54) is 25.7 Å². The van der Waals surface area contributed by atoms with E-state index in [9.17, 15) is 19.5 Å². The van der Waals surface area contributed by atoms with Gasteiger partial charge in [0.1, 0.15) is 17.6 Å². The van der Waals surface area contributed by atoms with E-state index in [1.807, 2.05) is 26.8 Å². The minimum Gasteiger partial charge on any atom is -0.481 e. The van der Waals surface area contributed by atoms with Gasteiger partial charge >= 0.3 is 17.9 Å². The summed E-state index contributed by atoms with van der Waals surface area (Å²) in [4.78, 5) is 36.7. The molecular weight excluding hydrogens is 492 g/mol. The summed E-state index contributed by atoms with van der Waals surface area (Å²) < 4.78 is 28.7. The molecule has 3 heterocycles. The van der Waals surface area contributed by atoms with E-state index in [4.69, 9.17) is 23.0 Å². The first-order valence-corrected chi connectivity index (χ1v) is 12.9. The van der Waals surface area contributed by atoms with Gasteiger partial charge in [0.05, 0.1) is 25.7 Å². The minimum absolute atomic E-state index is 0.125. The fraction of sp³-hybridized carbons (Fsp3) is 0.552. The van der Waals surface area contributed by atoms with E-state index in [0.29, 0.717) is 29.3 Å². The zero-order chi connectivity index (χ0) is 27.8. The molecular formula is C29H36O9. The van der Waals surface area contributed by atoms with Gasteiger partial charge in [0.15, 0.2) is 0 Å². The van der Waals surface area contributed by atoms with Crippen LogP contribution < -0.4 is 0 Å². The van der Waals surface area contributed by atoms with E-state index in [-0.39, 0.29) is 43.2 Å². The zero-order valence-electron chi connectivity index (χ0n) is 22.7. The number of aliphatic carboxylic acids is 1. The standard InChI is InChI=1S/C29H36O9/c1-7-36-27-18-12-21(37-25(18)16(2)19(28(27,3)4)13-23(32)34-6)20-14-24(33)38-26(17-9-11-35-15-17)29(20,5)10-8-22(30)31/h9,11-12,14-16,19,26-27H,7-8,10,13H2,1-6H3,(H,30,31)/t16-,19-,26+,27+,29-/m1/s1. The van der Waals surface area contributed by atoms with Gasteiger partial charge in [0.25, 0.3) is 0 Å². The Morgan fingerprint density at radius 3 is 2.55 bits per heavy atom. The van der Waals surface area contributed by atoms with Crippen molar-refractivity contribution in [3.8, 4) is 0 Å². The molecule has 4 rings (SSSR count). The molecule has 0 aromatic carbocycles. The van der Waals surface area contributed by atoms with Crippen molar-refractivity contribution in [2.75, 3.05) is 13.7 Å². The summed E-state index contributed by atoms with van der Waals surface area (Å²) in [6.45, 7) is 10.4. The van der Waals surface area contributed by atoms with Crippen LogP contribution in [-0.4, -0.2) is 36.7 Å². The van der Waals surface area contributed by atoms with Gasteiger partial charge in [-0.25, -0.2) is 4.79 Å². The van der Waals surface area contributed by atoms with Crippen molar-refractivity contribution in [2.24, 2.45) is 16.7 Å². The lowest BCUT2D eigenvalue weighted by Crippen LogP contribution is -2.41. The summed E-state index contributed by atoms with van der Waals surface area (Å²) in [5.74, 6) is -0.930. The van der Waals surface area contributed by atoms with Crippen molar-refractivity contribution in [1.82, 2.24) is 0 Å².